The third-order valence-electron chi connectivity index (χ3n) is 8.20. The molecule has 41 heavy (non-hydrogen) atoms. The molecule has 2 N–H and O–H groups in total. The van der Waals surface area contributed by atoms with Crippen molar-refractivity contribution < 1.29 is 19.4 Å². The van der Waals surface area contributed by atoms with E-state index in [1.54, 1.807) is 26.0 Å². The highest BCUT2D eigenvalue weighted by atomic mass is 35.5. The molecule has 4 unspecified atom stereocenters. The Labute approximate surface area is 254 Å². The molecule has 8 heteroatoms. The summed E-state index contributed by atoms with van der Waals surface area (Å²) in [4.78, 5) is 16.1. The molecule has 1 fully saturated rings. The van der Waals surface area contributed by atoms with Gasteiger partial charge in [-0.15, -0.1) is 13.2 Å². The van der Waals surface area contributed by atoms with Crippen LogP contribution in [0.4, 0.5) is 5.69 Å². The Morgan fingerprint density at radius 1 is 1.29 bits per heavy atom. The number of carbonyl (C=O) groups excluding carboxylic acids is 1. The smallest absolute Gasteiger partial charge is 0.261 e. The van der Waals surface area contributed by atoms with Crippen LogP contribution in [-0.2, 0) is 16.0 Å². The SMILES string of the molecule is C=CCOC(C)(C)C(=O)NSc1ccc2c(c1)N(CC1CCC1C(O)C=C)CC(c1ccc(Cl)cc1CCC)CO2. The number of anilines is 1. The molecule has 4 atom stereocenters. The molecule has 2 aromatic rings. The predicted molar refractivity (Wildman–Crippen MR) is 169 cm³/mol. The van der Waals surface area contributed by atoms with Crippen molar-refractivity contribution >= 4 is 35.1 Å². The summed E-state index contributed by atoms with van der Waals surface area (Å²) in [7, 11) is 0. The van der Waals surface area contributed by atoms with Crippen molar-refractivity contribution in [3.63, 3.8) is 0 Å². The third-order valence-corrected chi connectivity index (χ3v) is 9.21. The number of aliphatic hydroxyl groups is 1. The second-order valence-electron chi connectivity index (χ2n) is 11.5. The molecule has 1 amide bonds. The van der Waals surface area contributed by atoms with Crippen LogP contribution in [0.2, 0.25) is 5.02 Å². The maximum atomic E-state index is 12.8. The summed E-state index contributed by atoms with van der Waals surface area (Å²) in [5.74, 6) is 1.33. The van der Waals surface area contributed by atoms with E-state index in [2.05, 4.69) is 47.9 Å². The topological polar surface area (TPSA) is 71.0 Å². The van der Waals surface area contributed by atoms with Crippen molar-refractivity contribution in [2.24, 2.45) is 11.8 Å². The third kappa shape index (κ3) is 7.69. The number of aryl methyl sites for hydroxylation is 1. The minimum atomic E-state index is -0.977. The summed E-state index contributed by atoms with van der Waals surface area (Å²) < 4.78 is 15.0. The molecule has 4 rings (SSSR count). The summed E-state index contributed by atoms with van der Waals surface area (Å²) in [5, 5.41) is 11.3. The molecule has 2 aromatic carbocycles. The highest BCUT2D eigenvalue weighted by Crippen LogP contribution is 2.43. The Hall–Kier alpha value is -2.45. The second kappa shape index (κ2) is 14.1. The molecule has 2 aliphatic rings. The van der Waals surface area contributed by atoms with Crippen LogP contribution in [0.1, 0.15) is 57.1 Å². The number of halogens is 1. The van der Waals surface area contributed by atoms with Gasteiger partial charge in [-0.3, -0.25) is 9.52 Å². The quantitative estimate of drug-likeness (QED) is 0.192. The van der Waals surface area contributed by atoms with Crippen LogP contribution in [0, 0.1) is 11.8 Å². The molecule has 0 bridgehead atoms. The molecule has 1 aliphatic heterocycles. The first-order valence-electron chi connectivity index (χ1n) is 14.5. The van der Waals surface area contributed by atoms with E-state index < -0.39 is 11.7 Å². The van der Waals surface area contributed by atoms with Gasteiger partial charge in [0.15, 0.2) is 0 Å². The van der Waals surface area contributed by atoms with Crippen LogP contribution >= 0.6 is 23.5 Å². The van der Waals surface area contributed by atoms with Gasteiger partial charge in [-0.05, 0) is 98.4 Å². The molecule has 0 spiro atoms. The van der Waals surface area contributed by atoms with E-state index in [0.29, 0.717) is 19.1 Å². The first-order valence-corrected chi connectivity index (χ1v) is 15.7. The van der Waals surface area contributed by atoms with Crippen molar-refractivity contribution in [1.29, 1.82) is 0 Å². The Kier molecular flexibility index (Phi) is 10.9. The van der Waals surface area contributed by atoms with Crippen LogP contribution in [-0.4, -0.2) is 49.0 Å². The fourth-order valence-electron chi connectivity index (χ4n) is 5.65. The zero-order valence-electron chi connectivity index (χ0n) is 24.4. The lowest BCUT2D eigenvalue weighted by molar-refractivity contribution is -0.139. The van der Waals surface area contributed by atoms with E-state index in [9.17, 15) is 9.90 Å². The summed E-state index contributed by atoms with van der Waals surface area (Å²) in [6.07, 6.45) is 6.86. The number of amides is 1. The van der Waals surface area contributed by atoms with Crippen LogP contribution in [0.5, 0.6) is 5.75 Å². The van der Waals surface area contributed by atoms with Crippen molar-refractivity contribution in [2.75, 3.05) is 31.2 Å². The highest BCUT2D eigenvalue weighted by molar-refractivity contribution is 7.98. The minimum absolute atomic E-state index is 0.155. The first-order chi connectivity index (χ1) is 19.7. The van der Waals surface area contributed by atoms with Gasteiger partial charge in [0.1, 0.15) is 11.4 Å². The fraction of sp³-hybridized carbons (Fsp3) is 0.485. The summed E-state index contributed by atoms with van der Waals surface area (Å²) >= 11 is 7.66. The van der Waals surface area contributed by atoms with Crippen molar-refractivity contribution in [1.82, 2.24) is 4.72 Å². The van der Waals surface area contributed by atoms with Crippen LogP contribution in [0.15, 0.2) is 66.6 Å². The highest BCUT2D eigenvalue weighted by Gasteiger charge is 2.38. The maximum absolute atomic E-state index is 12.8. The van der Waals surface area contributed by atoms with Crippen molar-refractivity contribution in [3.8, 4) is 5.75 Å². The summed E-state index contributed by atoms with van der Waals surface area (Å²) in [6, 6.07) is 12.3. The van der Waals surface area contributed by atoms with Gasteiger partial charge in [0.05, 0.1) is 25.0 Å². The van der Waals surface area contributed by atoms with Gasteiger partial charge in [-0.25, -0.2) is 0 Å². The number of nitrogens with one attached hydrogen (secondary N) is 1. The second-order valence-corrected chi connectivity index (χ2v) is 12.8. The van der Waals surface area contributed by atoms with Gasteiger partial charge in [-0.1, -0.05) is 43.2 Å². The summed E-state index contributed by atoms with van der Waals surface area (Å²) in [6.45, 7) is 15.6. The molecular weight excluding hydrogens is 556 g/mol. The number of ether oxygens (including phenoxy) is 2. The van der Waals surface area contributed by atoms with Gasteiger partial charge < -0.3 is 19.5 Å². The molecule has 222 valence electrons. The Balaban J connectivity index is 1.60. The van der Waals surface area contributed by atoms with E-state index >= 15 is 0 Å². The van der Waals surface area contributed by atoms with E-state index in [-0.39, 0.29) is 17.7 Å². The normalized spacial score (nSPS) is 21.1. The molecule has 0 saturated heterocycles. The van der Waals surface area contributed by atoms with Gasteiger partial charge >= 0.3 is 0 Å². The number of fused-ring (bicyclic) bond motifs is 1. The van der Waals surface area contributed by atoms with Crippen molar-refractivity contribution in [3.05, 3.63) is 77.9 Å². The number of hydrogen-bond donors (Lipinski definition) is 2. The maximum Gasteiger partial charge on any atom is 0.261 e. The molecule has 0 radical (unpaired) electrons. The lowest BCUT2D eigenvalue weighted by Gasteiger charge is -2.42. The standard InChI is InChI=1S/C33H43ClN2O4S/c1-6-9-22-17-25(34)11-14-27(22)24-20-36(19-23-10-13-28(23)30(37)8-3)29-18-26(12-15-31(29)39-21-24)41-35-32(38)33(4,5)40-16-7-2/h7-8,11-12,14-15,17-18,23-24,28,30,37H,2-3,6,9-10,13,16,19-21H2,1,4-5H3,(H,35,38). The van der Waals surface area contributed by atoms with Crippen LogP contribution in [0.25, 0.3) is 0 Å². The first kappa shape index (κ1) is 31.5. The molecule has 1 heterocycles. The monoisotopic (exact) mass is 598 g/mol. The van der Waals surface area contributed by atoms with Gasteiger partial charge in [-0.2, -0.15) is 0 Å². The van der Waals surface area contributed by atoms with Crippen molar-refractivity contribution in [2.45, 2.75) is 69.0 Å². The molecule has 6 nitrogen and oxygen atoms in total. The minimum Gasteiger partial charge on any atom is -0.491 e. The zero-order chi connectivity index (χ0) is 29.6. The summed E-state index contributed by atoms with van der Waals surface area (Å²) in [5.41, 5.74) is 2.56. The number of hydrogen-bond acceptors (Lipinski definition) is 6. The van der Waals surface area contributed by atoms with E-state index in [1.165, 1.54) is 23.1 Å². The number of nitrogens with zero attached hydrogens (tertiary/aromatic N) is 1. The fourth-order valence-corrected chi connectivity index (χ4v) is 6.60. The van der Waals surface area contributed by atoms with Crippen LogP contribution < -0.4 is 14.4 Å². The zero-order valence-corrected chi connectivity index (χ0v) is 26.0. The Morgan fingerprint density at radius 2 is 2.10 bits per heavy atom. The van der Waals surface area contributed by atoms with E-state index in [1.807, 2.05) is 18.2 Å². The lowest BCUT2D eigenvalue weighted by atomic mass is 9.70. The number of benzene rings is 2. The van der Waals surface area contributed by atoms with E-state index in [0.717, 1.165) is 60.1 Å². The molecule has 1 aliphatic carbocycles. The number of carbonyl (C=O) groups is 1. The lowest BCUT2D eigenvalue weighted by Crippen LogP contribution is -2.43. The molecular formula is C33H43ClN2O4S. The van der Waals surface area contributed by atoms with Gasteiger partial charge in [0.2, 0.25) is 0 Å². The van der Waals surface area contributed by atoms with Crippen LogP contribution in [0.3, 0.4) is 0 Å². The molecule has 0 aromatic heterocycles. The predicted octanol–water partition coefficient (Wildman–Crippen LogP) is 6.95. The van der Waals surface area contributed by atoms with Gasteiger partial charge in [0.25, 0.3) is 5.91 Å². The largest absolute Gasteiger partial charge is 0.491 e. The number of aliphatic hydroxyl groups excluding tert-OH is 1. The Morgan fingerprint density at radius 3 is 2.78 bits per heavy atom. The average molecular weight is 599 g/mol. The Bertz CT molecular complexity index is 1240. The van der Waals surface area contributed by atoms with Gasteiger partial charge in [0, 0.05) is 28.9 Å². The average Bonchev–Trinajstić information content (AvgIpc) is 3.12. The number of rotatable bonds is 13. The van der Waals surface area contributed by atoms with E-state index in [4.69, 9.17) is 21.1 Å². The molecule has 1 saturated carbocycles.